The quantitative estimate of drug-likeness (QED) is 0.799. The molecule has 1 saturated heterocycles. The maximum absolute atomic E-state index is 12.5. The van der Waals surface area contributed by atoms with Gasteiger partial charge < -0.3 is 10.1 Å². The normalized spacial score (nSPS) is 19.9. The monoisotopic (exact) mass is 333 g/mol. The molecule has 0 unspecified atom stereocenters. The first-order valence-electron chi connectivity index (χ1n) is 5.88. The highest BCUT2D eigenvalue weighted by Gasteiger charge is 2.85. The Bertz CT molecular complexity index is 304. The lowest BCUT2D eigenvalue weighted by Crippen LogP contribution is -2.68. The van der Waals surface area contributed by atoms with Crippen LogP contribution in [-0.2, 0) is 4.74 Å². The SMILES string of the molecule is FC(F)(F)C(OCC1CCNCC1)(C(F)(F)F)C(F)(F)F. The molecule has 21 heavy (non-hydrogen) atoms. The minimum atomic E-state index is -6.66. The minimum absolute atomic E-state index is 0.143. The molecule has 0 aromatic carbocycles. The topological polar surface area (TPSA) is 21.3 Å². The molecule has 0 saturated carbocycles. The van der Waals surface area contributed by atoms with Crippen LogP contribution in [0.5, 0.6) is 0 Å². The molecule has 1 aliphatic rings. The van der Waals surface area contributed by atoms with E-state index < -0.39 is 36.7 Å². The molecule has 1 fully saturated rings. The third-order valence-electron chi connectivity index (χ3n) is 3.19. The van der Waals surface area contributed by atoms with Gasteiger partial charge in [0.25, 0.3) is 0 Å². The van der Waals surface area contributed by atoms with Gasteiger partial charge in [0, 0.05) is 0 Å². The third kappa shape index (κ3) is 3.55. The lowest BCUT2D eigenvalue weighted by Gasteiger charge is -2.39. The number of hydrogen-bond donors (Lipinski definition) is 1. The van der Waals surface area contributed by atoms with E-state index in [1.807, 2.05) is 0 Å². The minimum Gasteiger partial charge on any atom is -0.351 e. The molecule has 0 bridgehead atoms. The van der Waals surface area contributed by atoms with Gasteiger partial charge in [0.2, 0.25) is 0 Å². The van der Waals surface area contributed by atoms with E-state index in [0.717, 1.165) is 0 Å². The molecule has 0 radical (unpaired) electrons. The summed E-state index contributed by atoms with van der Waals surface area (Å²) in [5.74, 6) is -0.794. The first-order chi connectivity index (χ1) is 9.33. The van der Waals surface area contributed by atoms with Gasteiger partial charge in [0.15, 0.2) is 0 Å². The molecule has 0 amide bonds. The van der Waals surface area contributed by atoms with Crippen molar-refractivity contribution < 1.29 is 44.3 Å². The summed E-state index contributed by atoms with van der Waals surface area (Å²) in [5.41, 5.74) is -6.15. The second-order valence-corrected chi connectivity index (χ2v) is 4.68. The Balaban J connectivity index is 3.06. The van der Waals surface area contributed by atoms with Crippen LogP contribution in [0, 0.1) is 5.92 Å². The summed E-state index contributed by atoms with van der Waals surface area (Å²) in [5, 5.41) is 2.78. The lowest BCUT2D eigenvalue weighted by molar-refractivity contribution is -0.458. The number of alkyl halides is 9. The standard InChI is InChI=1S/C10H12F9NO/c11-8(12,13)7(9(14,15)16,10(17,18)19)21-5-6-1-3-20-4-2-6/h6,20H,1-5H2. The van der Waals surface area contributed by atoms with Crippen molar-refractivity contribution in [3.63, 3.8) is 0 Å². The molecular formula is C10H12F9NO. The van der Waals surface area contributed by atoms with E-state index in [0.29, 0.717) is 13.1 Å². The molecule has 0 atom stereocenters. The Hall–Kier alpha value is -0.710. The van der Waals surface area contributed by atoms with Crippen molar-refractivity contribution in [1.82, 2.24) is 5.32 Å². The van der Waals surface area contributed by atoms with E-state index in [2.05, 4.69) is 10.1 Å². The Morgan fingerprint density at radius 1 is 0.762 bits per heavy atom. The first-order valence-corrected chi connectivity index (χ1v) is 5.88. The van der Waals surface area contributed by atoms with Crippen molar-refractivity contribution in [3.8, 4) is 0 Å². The Morgan fingerprint density at radius 2 is 1.14 bits per heavy atom. The van der Waals surface area contributed by atoms with Gasteiger partial charge in [-0.05, 0) is 31.8 Å². The van der Waals surface area contributed by atoms with Gasteiger partial charge in [-0.25, -0.2) is 0 Å². The second kappa shape index (κ2) is 5.82. The van der Waals surface area contributed by atoms with Gasteiger partial charge in [-0.3, -0.25) is 0 Å². The average Bonchev–Trinajstić information content (AvgIpc) is 2.25. The number of halogens is 9. The smallest absolute Gasteiger partial charge is 0.351 e. The van der Waals surface area contributed by atoms with Gasteiger partial charge in [-0.2, -0.15) is 39.5 Å². The fourth-order valence-corrected chi connectivity index (χ4v) is 2.02. The van der Waals surface area contributed by atoms with Gasteiger partial charge in [-0.1, -0.05) is 0 Å². The number of rotatable bonds is 3. The largest absolute Gasteiger partial charge is 0.435 e. The zero-order valence-corrected chi connectivity index (χ0v) is 10.4. The van der Waals surface area contributed by atoms with Crippen LogP contribution >= 0.6 is 0 Å². The lowest BCUT2D eigenvalue weighted by atomic mass is 9.97. The molecule has 1 N–H and O–H groups in total. The van der Waals surface area contributed by atoms with Crippen LogP contribution in [0.25, 0.3) is 0 Å². The number of piperidine rings is 1. The van der Waals surface area contributed by atoms with E-state index in [-0.39, 0.29) is 12.8 Å². The van der Waals surface area contributed by atoms with E-state index in [1.54, 1.807) is 0 Å². The molecule has 0 aliphatic carbocycles. The highest BCUT2D eigenvalue weighted by Crippen LogP contribution is 2.55. The summed E-state index contributed by atoms with van der Waals surface area (Å²) in [6.45, 7) is -0.670. The van der Waals surface area contributed by atoms with Crippen molar-refractivity contribution in [2.24, 2.45) is 5.92 Å². The first kappa shape index (κ1) is 18.3. The average molecular weight is 333 g/mol. The Kier molecular flexibility index (Phi) is 5.09. The third-order valence-corrected chi connectivity index (χ3v) is 3.19. The van der Waals surface area contributed by atoms with Crippen LogP contribution in [0.4, 0.5) is 39.5 Å². The van der Waals surface area contributed by atoms with E-state index in [9.17, 15) is 39.5 Å². The number of hydrogen-bond acceptors (Lipinski definition) is 2. The molecule has 1 heterocycles. The zero-order chi connectivity index (χ0) is 16.5. The summed E-state index contributed by atoms with van der Waals surface area (Å²) in [6, 6.07) is 0. The van der Waals surface area contributed by atoms with Crippen LogP contribution < -0.4 is 5.32 Å². The van der Waals surface area contributed by atoms with Crippen molar-refractivity contribution in [1.29, 1.82) is 0 Å². The van der Waals surface area contributed by atoms with Gasteiger partial charge >= 0.3 is 24.1 Å². The Morgan fingerprint density at radius 3 is 1.48 bits per heavy atom. The molecule has 0 spiro atoms. The van der Waals surface area contributed by atoms with Crippen LogP contribution in [0.3, 0.4) is 0 Å². The fourth-order valence-electron chi connectivity index (χ4n) is 2.02. The summed E-state index contributed by atoms with van der Waals surface area (Å²) >= 11 is 0. The maximum Gasteiger partial charge on any atom is 0.435 e. The van der Waals surface area contributed by atoms with Crippen LogP contribution in [-0.4, -0.2) is 43.8 Å². The zero-order valence-electron chi connectivity index (χ0n) is 10.4. The number of ether oxygens (including phenoxy) is 1. The summed E-state index contributed by atoms with van der Waals surface area (Å²) in [4.78, 5) is 0. The highest BCUT2D eigenvalue weighted by atomic mass is 19.4. The van der Waals surface area contributed by atoms with Gasteiger partial charge in [-0.15, -0.1) is 0 Å². The summed E-state index contributed by atoms with van der Waals surface area (Å²) in [7, 11) is 0. The van der Waals surface area contributed by atoms with Crippen LogP contribution in [0.1, 0.15) is 12.8 Å². The molecule has 126 valence electrons. The Labute approximate surface area is 113 Å². The molecule has 1 aliphatic heterocycles. The van der Waals surface area contributed by atoms with Gasteiger partial charge in [0.1, 0.15) is 0 Å². The van der Waals surface area contributed by atoms with Crippen LogP contribution in [0.15, 0.2) is 0 Å². The predicted molar refractivity (Wildman–Crippen MR) is 52.4 cm³/mol. The maximum atomic E-state index is 12.5. The van der Waals surface area contributed by atoms with Crippen molar-refractivity contribution in [3.05, 3.63) is 0 Å². The molecule has 2 nitrogen and oxygen atoms in total. The second-order valence-electron chi connectivity index (χ2n) is 4.68. The molecule has 1 rings (SSSR count). The molecular weight excluding hydrogens is 321 g/mol. The van der Waals surface area contributed by atoms with Crippen molar-refractivity contribution >= 4 is 0 Å². The van der Waals surface area contributed by atoms with E-state index in [1.165, 1.54) is 0 Å². The van der Waals surface area contributed by atoms with E-state index >= 15 is 0 Å². The molecule has 0 aromatic heterocycles. The number of nitrogens with one attached hydrogen (secondary N) is 1. The van der Waals surface area contributed by atoms with Crippen molar-refractivity contribution in [2.75, 3.05) is 19.7 Å². The van der Waals surface area contributed by atoms with Crippen LogP contribution in [0.2, 0.25) is 0 Å². The van der Waals surface area contributed by atoms with E-state index in [4.69, 9.17) is 0 Å². The fraction of sp³-hybridized carbons (Fsp3) is 1.00. The molecule has 11 heteroatoms. The van der Waals surface area contributed by atoms with Crippen molar-refractivity contribution in [2.45, 2.75) is 37.0 Å². The summed E-state index contributed by atoms with van der Waals surface area (Å²) < 4.78 is 116. The summed E-state index contributed by atoms with van der Waals surface area (Å²) in [6.07, 6.45) is -19.7. The van der Waals surface area contributed by atoms with Gasteiger partial charge in [0.05, 0.1) is 6.61 Å². The molecule has 0 aromatic rings. The predicted octanol–water partition coefficient (Wildman–Crippen LogP) is 3.43. The highest BCUT2D eigenvalue weighted by molar-refractivity contribution is 5.02.